The van der Waals surface area contributed by atoms with Crippen molar-refractivity contribution in [2.75, 3.05) is 21.3 Å². The van der Waals surface area contributed by atoms with Crippen LogP contribution in [0, 0.1) is 0 Å². The molecule has 0 amide bonds. The topological polar surface area (TPSA) is 410 Å². The molecule has 22 rings (SSSR count). The second-order valence-corrected chi connectivity index (χ2v) is 35.2. The second-order valence-electron chi connectivity index (χ2n) is 34.4. The van der Waals surface area contributed by atoms with Crippen molar-refractivity contribution in [1.29, 1.82) is 0 Å². The molecule has 36 heteroatoms. The zero-order chi connectivity index (χ0) is 92.6. The monoisotopic (exact) mass is 1840 g/mol. The first kappa shape index (κ1) is 88.3. The van der Waals surface area contributed by atoms with Crippen LogP contribution in [0.3, 0.4) is 0 Å². The van der Waals surface area contributed by atoms with Crippen molar-refractivity contribution in [3.05, 3.63) is 317 Å². The van der Waals surface area contributed by atoms with E-state index < -0.39 is 22.4 Å². The van der Waals surface area contributed by atoms with E-state index >= 15 is 0 Å². The standard InChI is InChI=1S/2C26H26N6O3.2C23H21ClN6O2/c2*1-26(34)14-3-2-4-15-31-24(33)20-16-27-25(28-17-8-10-18(11-9-17)35-19-12-13-19)30-23(20)32(31)22-7-5-6-21(26)29-22;2*1-23(32)12-3-2-4-13-29-21(31)17-14-25-22(26-16-10-8-15(24)9-11-16)28-20(17)30(29)19-7-5-6-18(23)27-19/h2*2,4-11,16,19,34H,3,12-15H2,1H3,(H,27,28,30);2*2,4-11,14,32H,3,12-13H2,1H3,(H,25,26,28)/b4*4-2-/t2*26-;2*23-/m1010/s1. The molecule has 2 saturated carbocycles. The highest BCUT2D eigenvalue weighted by Crippen LogP contribution is 2.36. The quantitative estimate of drug-likeness (QED) is 0.0527. The predicted molar refractivity (Wildman–Crippen MR) is 512 cm³/mol. The number of halogens is 2. The number of allylic oxidation sites excluding steroid dienone is 8. The number of aromatic nitrogens is 20. The zero-order valence-corrected chi connectivity index (χ0v) is 75.0. The summed E-state index contributed by atoms with van der Waals surface area (Å²) in [5.41, 5.74) is 1.92. The van der Waals surface area contributed by atoms with Gasteiger partial charge in [-0.3, -0.25) is 19.2 Å². The molecule has 0 unspecified atom stereocenters. The average molecular weight is 1840 g/mol. The minimum absolute atomic E-state index is 0.198. The lowest BCUT2D eigenvalue weighted by Gasteiger charge is -2.22. The van der Waals surface area contributed by atoms with Crippen molar-refractivity contribution in [2.24, 2.45) is 0 Å². The third-order valence-corrected chi connectivity index (χ3v) is 24.3. The molecule has 0 radical (unpaired) electrons. The van der Waals surface area contributed by atoms with E-state index in [-0.39, 0.29) is 22.2 Å². The molecule has 2 fully saturated rings. The summed E-state index contributed by atoms with van der Waals surface area (Å²) >= 11 is 11.9. The second kappa shape index (κ2) is 37.0. The Morgan fingerprint density at radius 2 is 0.545 bits per heavy atom. The maximum Gasteiger partial charge on any atom is 0.278 e. The summed E-state index contributed by atoms with van der Waals surface area (Å²) in [6.45, 7) is 8.44. The number of hydrogen-bond donors (Lipinski definition) is 8. The number of nitrogens with zero attached hydrogens (tertiary/aromatic N) is 20. The molecule has 16 heterocycles. The SMILES string of the molecule is C[C@@]1(O)CC/C=C\Cn2c(=O)c3cnc(Nc4ccc(Cl)cc4)nc3n2-c2cccc1n2.C[C@@]1(O)CC/C=C\Cn2c(=O)c3cnc(Nc4ccc(OC5CC5)cc4)nc3n2-c2cccc1n2.C[C@]1(O)CC/C=C\Cn2c(=O)c3cnc(Nc4ccc(Cl)cc4)nc3n2-c2cccc1n2.C[C@]1(O)CC/C=C\Cn2c(=O)c3cnc(Nc4ccc(OC5CC5)cc4)nc3n2-c2cccc1n2. The largest absolute Gasteiger partial charge is 0.490 e. The maximum atomic E-state index is 13.3. The van der Waals surface area contributed by atoms with E-state index in [2.05, 4.69) is 71.1 Å². The molecule has 4 aromatic carbocycles. The van der Waals surface area contributed by atoms with E-state index in [0.717, 1.165) is 59.9 Å². The lowest BCUT2D eigenvalue weighted by molar-refractivity contribution is 0.0439. The summed E-state index contributed by atoms with van der Waals surface area (Å²) < 4.78 is 24.7. The van der Waals surface area contributed by atoms with Gasteiger partial charge in [0.25, 0.3) is 22.2 Å². The van der Waals surface area contributed by atoms with Gasteiger partial charge in [-0.25, -0.2) is 77.3 Å². The van der Waals surface area contributed by atoms with Gasteiger partial charge in [-0.1, -0.05) is 96.1 Å². The molecule has 4 aliphatic heterocycles. The summed E-state index contributed by atoms with van der Waals surface area (Å²) in [7, 11) is 0. The van der Waals surface area contributed by atoms with Gasteiger partial charge in [0.15, 0.2) is 45.9 Å². The molecule has 16 aromatic rings. The normalized spacial score (nSPS) is 20.0. The van der Waals surface area contributed by atoms with Crippen molar-refractivity contribution >= 4 is 114 Å². The highest BCUT2D eigenvalue weighted by molar-refractivity contribution is 6.31. The number of rotatable bonds is 12. The molecule has 2 aliphatic carbocycles. The molecule has 12 aromatic heterocycles. The van der Waals surface area contributed by atoms with E-state index in [4.69, 9.17) is 42.6 Å². The average Bonchev–Trinajstić information content (AvgIpc) is 1.61. The van der Waals surface area contributed by atoms with Crippen LogP contribution in [0.25, 0.3) is 67.4 Å². The highest BCUT2D eigenvalue weighted by Gasteiger charge is 2.33. The Hall–Kier alpha value is -14.9. The Balaban J connectivity index is 0.000000115. The van der Waals surface area contributed by atoms with Crippen LogP contribution >= 0.6 is 23.2 Å². The molecule has 0 saturated heterocycles. The lowest BCUT2D eigenvalue weighted by Crippen LogP contribution is -2.24. The number of pyridine rings is 4. The molecular formula is C98H94Cl2N24O10. The van der Waals surface area contributed by atoms with Crippen molar-refractivity contribution in [3.63, 3.8) is 0 Å². The van der Waals surface area contributed by atoms with Crippen molar-refractivity contribution < 1.29 is 29.9 Å². The van der Waals surface area contributed by atoms with Gasteiger partial charge in [-0.15, -0.1) is 0 Å². The van der Waals surface area contributed by atoms with Gasteiger partial charge in [0.05, 0.1) is 61.2 Å². The van der Waals surface area contributed by atoms with Gasteiger partial charge in [-0.2, -0.15) is 19.9 Å². The van der Waals surface area contributed by atoms with Gasteiger partial charge in [0.2, 0.25) is 23.8 Å². The van der Waals surface area contributed by atoms with Crippen molar-refractivity contribution in [3.8, 4) is 34.8 Å². The fraction of sp³-hybridized carbons (Fsp3) is 0.265. The number of nitrogens with one attached hydrogen (secondary N) is 4. The Morgan fingerprint density at radius 1 is 0.313 bits per heavy atom. The van der Waals surface area contributed by atoms with E-state index in [0.29, 0.717) is 214 Å². The molecular weight excluding hydrogens is 1740 g/mol. The smallest absolute Gasteiger partial charge is 0.278 e. The zero-order valence-electron chi connectivity index (χ0n) is 73.5. The minimum atomic E-state index is -1.09. The predicted octanol–water partition coefficient (Wildman–Crippen LogP) is 15.5. The number of aliphatic hydroxyl groups is 4. The Labute approximate surface area is 775 Å². The van der Waals surface area contributed by atoms with Gasteiger partial charge < -0.3 is 51.2 Å². The van der Waals surface area contributed by atoms with Crippen molar-refractivity contribution in [2.45, 2.75) is 166 Å². The molecule has 680 valence electrons. The molecule has 0 spiro atoms. The number of anilines is 8. The van der Waals surface area contributed by atoms with Gasteiger partial charge >= 0.3 is 0 Å². The molecule has 34 nitrogen and oxygen atoms in total. The third kappa shape index (κ3) is 19.1. The summed E-state index contributed by atoms with van der Waals surface area (Å²) in [4.78, 5) is 108. The first-order valence-electron chi connectivity index (χ1n) is 44.3. The van der Waals surface area contributed by atoms with Gasteiger partial charge in [0.1, 0.15) is 55.4 Å². The van der Waals surface area contributed by atoms with Crippen LogP contribution in [-0.4, -0.2) is 130 Å². The van der Waals surface area contributed by atoms with E-state index in [1.54, 1.807) is 138 Å². The minimum Gasteiger partial charge on any atom is -0.490 e. The Morgan fingerprint density at radius 3 is 0.776 bits per heavy atom. The van der Waals surface area contributed by atoms with Crippen LogP contribution in [-0.2, 0) is 48.6 Å². The van der Waals surface area contributed by atoms with Gasteiger partial charge in [0, 0.05) is 57.6 Å². The molecule has 6 aliphatic rings. The number of benzene rings is 4. The highest BCUT2D eigenvalue weighted by atomic mass is 35.5. The van der Waals surface area contributed by atoms with E-state index in [9.17, 15) is 39.6 Å². The Kier molecular flexibility index (Phi) is 24.4. The number of hydrogen-bond acceptors (Lipinski definition) is 26. The van der Waals surface area contributed by atoms with E-state index in [1.807, 2.05) is 158 Å². The first-order chi connectivity index (χ1) is 64.8. The van der Waals surface area contributed by atoms with Crippen LogP contribution in [0.1, 0.15) is 128 Å². The summed E-state index contributed by atoms with van der Waals surface area (Å²) in [5, 5.41) is 59.3. The van der Waals surface area contributed by atoms with Crippen LogP contribution in [0.15, 0.2) is 262 Å². The fourth-order valence-electron chi connectivity index (χ4n) is 16.0. The molecule has 8 N–H and O–H groups in total. The van der Waals surface area contributed by atoms with Gasteiger partial charge in [-0.05, 0) is 250 Å². The van der Waals surface area contributed by atoms with Crippen LogP contribution in [0.4, 0.5) is 46.5 Å². The lowest BCUT2D eigenvalue weighted by atomic mass is 9.95. The van der Waals surface area contributed by atoms with Crippen LogP contribution in [0.2, 0.25) is 10.0 Å². The van der Waals surface area contributed by atoms with Crippen LogP contribution in [0.5, 0.6) is 11.5 Å². The van der Waals surface area contributed by atoms with E-state index in [1.165, 1.54) is 12.4 Å². The molecule has 134 heavy (non-hydrogen) atoms. The summed E-state index contributed by atoms with van der Waals surface area (Å²) in [6.07, 6.45) is 31.7. The van der Waals surface area contributed by atoms with Crippen molar-refractivity contribution in [1.82, 2.24) is 97.3 Å². The first-order valence-corrected chi connectivity index (χ1v) is 45.0. The summed E-state index contributed by atoms with van der Waals surface area (Å²) in [5.74, 6) is 5.11. The number of ether oxygens (including phenoxy) is 2. The molecule has 4 atom stereocenters. The third-order valence-electron chi connectivity index (χ3n) is 23.8. The summed E-state index contributed by atoms with van der Waals surface area (Å²) in [6, 6.07) is 51.4. The fourth-order valence-corrected chi connectivity index (χ4v) is 16.3. The Bertz CT molecular complexity index is 7070. The molecule has 8 bridgehead atoms. The maximum absolute atomic E-state index is 13.3. The number of fused-ring (bicyclic) bond motifs is 24. The van der Waals surface area contributed by atoms with Crippen LogP contribution < -0.4 is 53.0 Å².